The summed E-state index contributed by atoms with van der Waals surface area (Å²) in [6.07, 6.45) is -2.34. The van der Waals surface area contributed by atoms with E-state index in [4.69, 9.17) is 15.6 Å². The van der Waals surface area contributed by atoms with Crippen LogP contribution in [0.25, 0.3) is 32.1 Å². The Bertz CT molecular complexity index is 1720. The quantitative estimate of drug-likeness (QED) is 0.191. The summed E-state index contributed by atoms with van der Waals surface area (Å²) in [4.78, 5) is 10.5. The number of thiophene rings is 1. The van der Waals surface area contributed by atoms with Crippen molar-refractivity contribution < 1.29 is 31.8 Å². The largest absolute Gasteiger partial charge is 0.463 e. The fourth-order valence-electron chi connectivity index (χ4n) is 5.84. The first-order valence-corrected chi connectivity index (χ1v) is 14.2. The summed E-state index contributed by atoms with van der Waals surface area (Å²) >= 11 is 0.705. The van der Waals surface area contributed by atoms with Crippen molar-refractivity contribution in [2.75, 3.05) is 36.9 Å². The number of nitrogens with one attached hydrogen (secondary N) is 1. The maximum absolute atomic E-state index is 16.6. The fourth-order valence-corrected chi connectivity index (χ4v) is 6.79. The molecule has 0 radical (unpaired) electrons. The molecule has 4 N–H and O–H groups in total. The van der Waals surface area contributed by atoms with E-state index in [2.05, 4.69) is 15.3 Å². The summed E-state index contributed by atoms with van der Waals surface area (Å²) in [5, 5.41) is 21.8. The molecule has 14 heteroatoms. The van der Waals surface area contributed by atoms with Crippen LogP contribution >= 0.6 is 11.3 Å². The highest BCUT2D eigenvalue weighted by Crippen LogP contribution is 2.48. The number of aromatic nitrogens is 2. The number of piperazine rings is 1. The van der Waals surface area contributed by atoms with Gasteiger partial charge in [-0.3, -0.25) is 0 Å². The number of anilines is 2. The molecule has 2 bridgehead atoms. The van der Waals surface area contributed by atoms with Gasteiger partial charge in [-0.05, 0) is 43.4 Å². The lowest BCUT2D eigenvalue weighted by molar-refractivity contribution is -0.137. The normalized spacial score (nSPS) is 18.6. The summed E-state index contributed by atoms with van der Waals surface area (Å²) < 4.78 is 81.0. The van der Waals surface area contributed by atoms with Crippen LogP contribution in [0, 0.1) is 23.0 Å². The molecule has 8 nitrogen and oxygen atoms in total. The van der Waals surface area contributed by atoms with E-state index in [1.165, 1.54) is 0 Å². The number of ether oxygens (including phenoxy) is 1. The Morgan fingerprint density at radius 3 is 2.57 bits per heavy atom. The average Bonchev–Trinajstić information content (AvgIpc) is 3.48. The van der Waals surface area contributed by atoms with Gasteiger partial charge in [0.05, 0.1) is 22.4 Å². The summed E-state index contributed by atoms with van der Waals surface area (Å²) in [6, 6.07) is 4.58. The Hall–Kier alpha value is -3.80. The van der Waals surface area contributed by atoms with Gasteiger partial charge in [-0.1, -0.05) is 6.07 Å². The Morgan fingerprint density at radius 2 is 1.90 bits per heavy atom. The molecule has 4 aromatic rings. The molecule has 2 unspecified atom stereocenters. The standard InChI is InChI=1S/C28H25F5N6O2S/c29-19-6-5-15(20-17(10-34)25(35)42-24(19)20)21-18(28(31,32)33)9-16-23(22(21)30)37-27(41-8-2-1-7-40)38-26(16)39-11-13-3-4-14(12-39)36-13/h5-6,9,13-14,36,40H,1-4,7-8,11-12,35H2. The molecule has 2 aliphatic heterocycles. The summed E-state index contributed by atoms with van der Waals surface area (Å²) in [6.45, 7) is 0.954. The number of alkyl halides is 3. The number of nitriles is 1. The second-order valence-corrected chi connectivity index (χ2v) is 11.5. The average molecular weight is 605 g/mol. The number of nitrogen functional groups attached to an aromatic ring is 1. The zero-order valence-corrected chi connectivity index (χ0v) is 22.9. The predicted molar refractivity (Wildman–Crippen MR) is 148 cm³/mol. The molecule has 42 heavy (non-hydrogen) atoms. The third kappa shape index (κ3) is 4.85. The molecule has 4 heterocycles. The minimum atomic E-state index is -5.03. The number of aliphatic hydroxyl groups is 1. The van der Waals surface area contributed by atoms with Gasteiger partial charge in [-0.25, -0.2) is 8.78 Å². The van der Waals surface area contributed by atoms with Crippen molar-refractivity contribution in [1.82, 2.24) is 15.3 Å². The van der Waals surface area contributed by atoms with Gasteiger partial charge in [-0.2, -0.15) is 28.4 Å². The molecule has 0 aliphatic carbocycles. The zero-order chi connectivity index (χ0) is 29.8. The molecule has 6 rings (SSSR count). The Balaban J connectivity index is 1.63. The number of aliphatic hydroxyl groups excluding tert-OH is 1. The minimum absolute atomic E-state index is 0.0567. The lowest BCUT2D eigenvalue weighted by Gasteiger charge is -2.34. The monoisotopic (exact) mass is 604 g/mol. The molecule has 2 atom stereocenters. The number of hydrogen-bond donors (Lipinski definition) is 3. The van der Waals surface area contributed by atoms with Gasteiger partial charge in [0.15, 0.2) is 5.82 Å². The van der Waals surface area contributed by atoms with Crippen molar-refractivity contribution in [3.63, 3.8) is 0 Å². The van der Waals surface area contributed by atoms with E-state index in [1.54, 1.807) is 0 Å². The second kappa shape index (κ2) is 10.8. The number of nitrogens with two attached hydrogens (primary N) is 1. The smallest absolute Gasteiger partial charge is 0.417 e. The van der Waals surface area contributed by atoms with Gasteiger partial charge in [0.1, 0.15) is 28.2 Å². The predicted octanol–water partition coefficient (Wildman–Crippen LogP) is 5.35. The maximum atomic E-state index is 16.6. The molecule has 220 valence electrons. The van der Waals surface area contributed by atoms with Gasteiger partial charge in [0, 0.05) is 48.1 Å². The number of benzene rings is 2. The van der Waals surface area contributed by atoms with E-state index in [9.17, 15) is 22.8 Å². The zero-order valence-electron chi connectivity index (χ0n) is 22.1. The molecule has 2 aliphatic rings. The van der Waals surface area contributed by atoms with Crippen LogP contribution in [0.1, 0.15) is 36.8 Å². The van der Waals surface area contributed by atoms with Crippen LogP contribution in [0.15, 0.2) is 18.2 Å². The summed E-state index contributed by atoms with van der Waals surface area (Å²) in [5.74, 6) is -1.98. The SMILES string of the molecule is N#Cc1c(N)sc2c(F)ccc(-c3c(C(F)(F)F)cc4c(N5CC6CCC(C5)N6)nc(OCCCCO)nc4c3F)c12. The highest BCUT2D eigenvalue weighted by Gasteiger charge is 2.39. The van der Waals surface area contributed by atoms with E-state index in [0.29, 0.717) is 37.3 Å². The Kier molecular flexibility index (Phi) is 7.28. The Labute approximate surface area is 240 Å². The molecular weight excluding hydrogens is 579 g/mol. The van der Waals surface area contributed by atoms with Crippen LogP contribution in [0.2, 0.25) is 0 Å². The van der Waals surface area contributed by atoms with Crippen molar-refractivity contribution in [3.8, 4) is 23.2 Å². The third-order valence-electron chi connectivity index (χ3n) is 7.69. The first-order chi connectivity index (χ1) is 20.1. The molecular formula is C28H25F5N6O2S. The van der Waals surface area contributed by atoms with Crippen LogP contribution in [0.4, 0.5) is 32.8 Å². The topological polar surface area (TPSA) is 120 Å². The van der Waals surface area contributed by atoms with Gasteiger partial charge in [0.25, 0.3) is 0 Å². The van der Waals surface area contributed by atoms with E-state index in [-0.39, 0.29) is 68.7 Å². The minimum Gasteiger partial charge on any atom is -0.463 e. The van der Waals surface area contributed by atoms with Crippen LogP contribution in [-0.4, -0.2) is 53.5 Å². The number of nitrogens with zero attached hydrogens (tertiary/aromatic N) is 4. The number of hydrogen-bond acceptors (Lipinski definition) is 9. The van der Waals surface area contributed by atoms with E-state index >= 15 is 4.39 Å². The number of halogens is 5. The van der Waals surface area contributed by atoms with Crippen molar-refractivity contribution >= 4 is 43.1 Å². The first kappa shape index (κ1) is 28.3. The summed E-state index contributed by atoms with van der Waals surface area (Å²) in [5.41, 5.74) is 2.76. The highest BCUT2D eigenvalue weighted by atomic mass is 32.1. The van der Waals surface area contributed by atoms with Crippen molar-refractivity contribution in [2.24, 2.45) is 0 Å². The van der Waals surface area contributed by atoms with Crippen LogP contribution in [-0.2, 0) is 6.18 Å². The first-order valence-electron chi connectivity index (χ1n) is 13.4. The Morgan fingerprint density at radius 1 is 1.17 bits per heavy atom. The molecule has 2 aromatic heterocycles. The van der Waals surface area contributed by atoms with Crippen LogP contribution in [0.3, 0.4) is 0 Å². The van der Waals surface area contributed by atoms with E-state index in [0.717, 1.165) is 31.0 Å². The van der Waals surface area contributed by atoms with Crippen LogP contribution < -0.4 is 20.7 Å². The molecule has 2 fully saturated rings. The molecule has 2 aromatic carbocycles. The maximum Gasteiger partial charge on any atom is 0.417 e. The number of unbranched alkanes of at least 4 members (excludes halogenated alkanes) is 1. The van der Waals surface area contributed by atoms with E-state index in [1.807, 2.05) is 11.0 Å². The lowest BCUT2D eigenvalue weighted by atomic mass is 9.92. The highest BCUT2D eigenvalue weighted by molar-refractivity contribution is 7.23. The van der Waals surface area contributed by atoms with Crippen molar-refractivity contribution in [1.29, 1.82) is 5.26 Å². The molecule has 0 amide bonds. The van der Waals surface area contributed by atoms with Gasteiger partial charge in [0.2, 0.25) is 0 Å². The van der Waals surface area contributed by atoms with Gasteiger partial charge < -0.3 is 25.8 Å². The van der Waals surface area contributed by atoms with Crippen molar-refractivity contribution in [3.05, 3.63) is 41.0 Å². The van der Waals surface area contributed by atoms with Crippen LogP contribution in [0.5, 0.6) is 6.01 Å². The second-order valence-electron chi connectivity index (χ2n) is 10.4. The third-order valence-corrected chi connectivity index (χ3v) is 8.72. The summed E-state index contributed by atoms with van der Waals surface area (Å²) in [7, 11) is 0. The van der Waals surface area contributed by atoms with Crippen molar-refractivity contribution in [2.45, 2.75) is 43.9 Å². The fraction of sp³-hybridized carbons (Fsp3) is 0.393. The van der Waals surface area contributed by atoms with E-state index < -0.39 is 34.5 Å². The molecule has 0 spiro atoms. The number of fused-ring (bicyclic) bond motifs is 4. The van der Waals surface area contributed by atoms with Gasteiger partial charge >= 0.3 is 12.2 Å². The number of rotatable bonds is 7. The molecule has 2 saturated heterocycles. The molecule has 0 saturated carbocycles. The lowest BCUT2D eigenvalue weighted by Crippen LogP contribution is -2.51. The van der Waals surface area contributed by atoms with Gasteiger partial charge in [-0.15, -0.1) is 11.3 Å².